The summed E-state index contributed by atoms with van der Waals surface area (Å²) in [6.45, 7) is 0. The first-order valence-corrected chi connectivity index (χ1v) is 4.75. The molecule has 1 aliphatic rings. The highest BCUT2D eigenvalue weighted by Crippen LogP contribution is 2.21. The van der Waals surface area contributed by atoms with Crippen LogP contribution in [0.1, 0.15) is 44.9 Å². The van der Waals surface area contributed by atoms with E-state index >= 15 is 0 Å². The molecule has 0 aromatic rings. The third-order valence-electron chi connectivity index (χ3n) is 2.74. The van der Waals surface area contributed by atoms with Crippen molar-refractivity contribution in [2.24, 2.45) is 5.73 Å². The molecule has 1 rings (SSSR count). The van der Waals surface area contributed by atoms with Crippen molar-refractivity contribution in [2.75, 3.05) is 7.05 Å². The molecule has 0 spiro atoms. The van der Waals surface area contributed by atoms with Crippen molar-refractivity contribution in [2.45, 2.75) is 50.6 Å². The Morgan fingerprint density at radius 1 is 1.00 bits per heavy atom. The number of hydrogen-bond donors (Lipinski definition) is 2. The molecular weight excluding hydrogens is 136 g/mol. The van der Waals surface area contributed by atoms with Crippen LogP contribution in [-0.2, 0) is 0 Å². The molecule has 0 atom stereocenters. The molecule has 0 amide bonds. The van der Waals surface area contributed by atoms with Gasteiger partial charge in [-0.1, -0.05) is 32.1 Å². The summed E-state index contributed by atoms with van der Waals surface area (Å²) in [5.74, 6) is 0. The topological polar surface area (TPSA) is 38.0 Å². The van der Waals surface area contributed by atoms with Gasteiger partial charge in [0.05, 0.1) is 5.66 Å². The minimum Gasteiger partial charge on any atom is -0.313 e. The van der Waals surface area contributed by atoms with Gasteiger partial charge in [-0.2, -0.15) is 0 Å². The van der Waals surface area contributed by atoms with Crippen LogP contribution in [0.5, 0.6) is 0 Å². The third kappa shape index (κ3) is 2.80. The van der Waals surface area contributed by atoms with Crippen LogP contribution in [0.4, 0.5) is 0 Å². The first-order valence-electron chi connectivity index (χ1n) is 4.75. The van der Waals surface area contributed by atoms with E-state index in [2.05, 4.69) is 5.32 Å². The lowest BCUT2D eigenvalue weighted by Crippen LogP contribution is -2.51. The molecule has 1 saturated carbocycles. The lowest BCUT2D eigenvalue weighted by Gasteiger charge is -2.30. The van der Waals surface area contributed by atoms with Gasteiger partial charge in [-0.15, -0.1) is 0 Å². The second-order valence-corrected chi connectivity index (χ2v) is 3.67. The van der Waals surface area contributed by atoms with Gasteiger partial charge in [0.1, 0.15) is 0 Å². The van der Waals surface area contributed by atoms with Crippen molar-refractivity contribution in [1.82, 2.24) is 5.32 Å². The van der Waals surface area contributed by atoms with Gasteiger partial charge in [0.15, 0.2) is 0 Å². The van der Waals surface area contributed by atoms with Crippen molar-refractivity contribution in [3.63, 3.8) is 0 Å². The Bertz CT molecular complexity index is 104. The third-order valence-corrected chi connectivity index (χ3v) is 2.74. The molecule has 2 nitrogen and oxygen atoms in total. The highest BCUT2D eigenvalue weighted by molar-refractivity contribution is 4.80. The minimum atomic E-state index is -0.0551. The standard InChI is InChI=1S/C9H20N2/c1-11-9(10)7-5-3-2-4-6-8-9/h11H,2-8,10H2,1H3. The Morgan fingerprint density at radius 2 is 1.45 bits per heavy atom. The zero-order valence-corrected chi connectivity index (χ0v) is 7.53. The molecule has 0 aliphatic heterocycles. The zero-order chi connectivity index (χ0) is 8.16. The maximum atomic E-state index is 6.12. The predicted molar refractivity (Wildman–Crippen MR) is 48.3 cm³/mol. The molecule has 0 bridgehead atoms. The van der Waals surface area contributed by atoms with E-state index < -0.39 is 0 Å². The summed E-state index contributed by atoms with van der Waals surface area (Å²) in [6.07, 6.45) is 8.99. The van der Waals surface area contributed by atoms with E-state index in [-0.39, 0.29) is 5.66 Å². The molecule has 0 aromatic heterocycles. The highest BCUT2D eigenvalue weighted by Gasteiger charge is 2.22. The van der Waals surface area contributed by atoms with E-state index in [9.17, 15) is 0 Å². The Hall–Kier alpha value is -0.0800. The lowest BCUT2D eigenvalue weighted by molar-refractivity contribution is 0.274. The van der Waals surface area contributed by atoms with E-state index in [0.717, 1.165) is 12.8 Å². The summed E-state index contributed by atoms with van der Waals surface area (Å²) in [5.41, 5.74) is 6.06. The Balaban J connectivity index is 2.37. The molecule has 3 N–H and O–H groups in total. The van der Waals surface area contributed by atoms with Crippen molar-refractivity contribution >= 4 is 0 Å². The molecule has 0 aromatic carbocycles. The first kappa shape index (κ1) is 9.01. The van der Waals surface area contributed by atoms with E-state index in [4.69, 9.17) is 5.73 Å². The summed E-state index contributed by atoms with van der Waals surface area (Å²) >= 11 is 0. The van der Waals surface area contributed by atoms with Gasteiger partial charge in [-0.05, 0) is 19.9 Å². The van der Waals surface area contributed by atoms with Crippen molar-refractivity contribution in [3.8, 4) is 0 Å². The van der Waals surface area contributed by atoms with Crippen LogP contribution >= 0.6 is 0 Å². The van der Waals surface area contributed by atoms with Crippen molar-refractivity contribution in [1.29, 1.82) is 0 Å². The summed E-state index contributed by atoms with van der Waals surface area (Å²) in [6, 6.07) is 0. The van der Waals surface area contributed by atoms with E-state index in [1.807, 2.05) is 7.05 Å². The largest absolute Gasteiger partial charge is 0.313 e. The number of rotatable bonds is 1. The van der Waals surface area contributed by atoms with E-state index in [0.29, 0.717) is 0 Å². The Kier molecular flexibility index (Phi) is 3.34. The van der Waals surface area contributed by atoms with Crippen LogP contribution < -0.4 is 11.1 Å². The maximum absolute atomic E-state index is 6.12. The summed E-state index contributed by atoms with van der Waals surface area (Å²) in [5, 5.41) is 3.23. The summed E-state index contributed by atoms with van der Waals surface area (Å²) in [4.78, 5) is 0. The fraction of sp³-hybridized carbons (Fsp3) is 1.00. The van der Waals surface area contributed by atoms with Crippen LogP contribution in [0.2, 0.25) is 0 Å². The first-order chi connectivity index (χ1) is 5.27. The molecular formula is C9H20N2. The predicted octanol–water partition coefficient (Wildman–Crippen LogP) is 1.61. The van der Waals surface area contributed by atoms with E-state index in [1.54, 1.807) is 0 Å². The van der Waals surface area contributed by atoms with Gasteiger partial charge in [0.25, 0.3) is 0 Å². The maximum Gasteiger partial charge on any atom is 0.0659 e. The summed E-state index contributed by atoms with van der Waals surface area (Å²) < 4.78 is 0. The highest BCUT2D eigenvalue weighted by atomic mass is 15.1. The molecule has 0 heterocycles. The van der Waals surface area contributed by atoms with Crippen LogP contribution in [0.3, 0.4) is 0 Å². The molecule has 0 saturated heterocycles. The molecule has 66 valence electrons. The second kappa shape index (κ2) is 4.07. The van der Waals surface area contributed by atoms with Gasteiger partial charge in [-0.3, -0.25) is 0 Å². The van der Waals surface area contributed by atoms with Crippen LogP contribution in [0, 0.1) is 0 Å². The normalized spacial score (nSPS) is 25.6. The quantitative estimate of drug-likeness (QED) is 0.566. The van der Waals surface area contributed by atoms with E-state index in [1.165, 1.54) is 32.1 Å². The molecule has 0 unspecified atom stereocenters. The van der Waals surface area contributed by atoms with Crippen molar-refractivity contribution < 1.29 is 0 Å². The average Bonchev–Trinajstić information content (AvgIpc) is 1.98. The monoisotopic (exact) mass is 156 g/mol. The van der Waals surface area contributed by atoms with Crippen molar-refractivity contribution in [3.05, 3.63) is 0 Å². The molecule has 0 radical (unpaired) electrons. The van der Waals surface area contributed by atoms with Gasteiger partial charge in [0, 0.05) is 0 Å². The number of nitrogens with one attached hydrogen (secondary N) is 1. The van der Waals surface area contributed by atoms with Crippen LogP contribution in [0.15, 0.2) is 0 Å². The smallest absolute Gasteiger partial charge is 0.0659 e. The Morgan fingerprint density at radius 3 is 1.91 bits per heavy atom. The van der Waals surface area contributed by atoms with Gasteiger partial charge < -0.3 is 11.1 Å². The molecule has 1 aliphatic carbocycles. The Labute approximate surface area is 69.5 Å². The fourth-order valence-electron chi connectivity index (χ4n) is 1.79. The minimum absolute atomic E-state index is 0.0551. The average molecular weight is 156 g/mol. The van der Waals surface area contributed by atoms with Crippen LogP contribution in [0.25, 0.3) is 0 Å². The van der Waals surface area contributed by atoms with Gasteiger partial charge >= 0.3 is 0 Å². The molecule has 2 heteroatoms. The second-order valence-electron chi connectivity index (χ2n) is 3.67. The molecule has 1 fully saturated rings. The fourth-order valence-corrected chi connectivity index (χ4v) is 1.79. The number of hydrogen-bond acceptors (Lipinski definition) is 2. The lowest BCUT2D eigenvalue weighted by atomic mass is 9.92. The van der Waals surface area contributed by atoms with Crippen LogP contribution in [-0.4, -0.2) is 12.7 Å². The SMILES string of the molecule is CNC1(N)CCCCCCC1. The summed E-state index contributed by atoms with van der Waals surface area (Å²) in [7, 11) is 1.97. The molecule has 11 heavy (non-hydrogen) atoms. The number of nitrogens with two attached hydrogens (primary N) is 1. The zero-order valence-electron chi connectivity index (χ0n) is 7.53. The van der Waals surface area contributed by atoms with Gasteiger partial charge in [-0.25, -0.2) is 0 Å². The van der Waals surface area contributed by atoms with Gasteiger partial charge in [0.2, 0.25) is 0 Å².